The van der Waals surface area contributed by atoms with Crippen molar-refractivity contribution < 1.29 is 54.3 Å². The number of alkyl halides is 6. The number of nitrogens with zero attached hydrogens (tertiary/aromatic N) is 8. The molecule has 14 rings (SSSR count). The molecular formula is C62H57ClF6N10O6. The average Bonchev–Trinajstić information content (AvgIpc) is 3.05. The van der Waals surface area contributed by atoms with Gasteiger partial charge in [-0.15, -0.1) is 26.3 Å². The number of fused-ring (bicyclic) bond motifs is 6. The SMILES string of the molecule is N#Cc1cccc2ncc(Cl)nc12.N#Cc1cccc2ncc(NC3C4CCC3CC(OCc3c(-c5ccccc5OC(F)(F)F)noc3C3CC3)C4)nc12.NC1C2CCC1CC(OCc1c(-c3ccccc3OC(F)(F)F)noc1C1CC1)C2. The molecule has 0 aliphatic heterocycles. The number of rotatable bonds is 14. The summed E-state index contributed by atoms with van der Waals surface area (Å²) in [6.07, 6.45) is 5.61. The lowest BCUT2D eigenvalue weighted by molar-refractivity contribution is -0.275. The van der Waals surface area contributed by atoms with E-state index in [1.807, 2.05) is 12.1 Å². The number of nitrogens with one attached hydrogen (secondary N) is 1. The molecule has 23 heteroatoms. The summed E-state index contributed by atoms with van der Waals surface area (Å²) in [6.45, 7) is 0.477. The van der Waals surface area contributed by atoms with Crippen LogP contribution in [0.5, 0.6) is 11.5 Å². The number of para-hydroxylation sites is 4. The number of ether oxygens (including phenoxy) is 4. The number of nitrogens with two attached hydrogens (primary N) is 1. The van der Waals surface area contributed by atoms with E-state index in [-0.39, 0.29) is 72.0 Å². The second kappa shape index (κ2) is 24.2. The van der Waals surface area contributed by atoms with E-state index in [0.717, 1.165) is 88.4 Å². The van der Waals surface area contributed by atoms with Crippen LogP contribution in [0.25, 0.3) is 44.6 Å². The number of hydrogen-bond acceptors (Lipinski definition) is 16. The molecule has 85 heavy (non-hydrogen) atoms. The molecule has 16 nitrogen and oxygen atoms in total. The number of hydrogen-bond donors (Lipinski definition) is 2. The van der Waals surface area contributed by atoms with Crippen LogP contribution in [0.15, 0.2) is 106 Å². The Hall–Kier alpha value is -7.89. The first kappa shape index (κ1) is 57.5. The van der Waals surface area contributed by atoms with Crippen LogP contribution >= 0.6 is 11.6 Å². The Morgan fingerprint density at radius 3 is 1.49 bits per heavy atom. The van der Waals surface area contributed by atoms with Gasteiger partial charge in [-0.25, -0.2) is 9.97 Å². The smallest absolute Gasteiger partial charge is 0.405 e. The number of benzene rings is 4. The summed E-state index contributed by atoms with van der Waals surface area (Å²) in [5, 5.41) is 30.5. The third kappa shape index (κ3) is 13.2. The first-order valence-corrected chi connectivity index (χ1v) is 28.8. The van der Waals surface area contributed by atoms with Crippen molar-refractivity contribution in [3.05, 3.63) is 136 Å². The van der Waals surface area contributed by atoms with Gasteiger partial charge >= 0.3 is 12.7 Å². The van der Waals surface area contributed by atoms with Crippen molar-refractivity contribution in [1.82, 2.24) is 30.2 Å². The second-order valence-corrected chi connectivity index (χ2v) is 23.0. The van der Waals surface area contributed by atoms with E-state index in [0.29, 0.717) is 90.5 Å². The van der Waals surface area contributed by atoms with Crippen LogP contribution in [-0.2, 0) is 22.7 Å². The molecule has 440 valence electrons. The molecule has 4 aromatic heterocycles. The number of halogens is 7. The molecule has 0 saturated heterocycles. The van der Waals surface area contributed by atoms with E-state index in [2.05, 4.69) is 46.1 Å². The van der Waals surface area contributed by atoms with E-state index in [4.69, 9.17) is 46.1 Å². The quantitative estimate of drug-likeness (QED) is 0.0965. The summed E-state index contributed by atoms with van der Waals surface area (Å²) in [5.41, 5.74) is 12.4. The van der Waals surface area contributed by atoms with Crippen molar-refractivity contribution in [3.8, 4) is 46.2 Å². The second-order valence-electron chi connectivity index (χ2n) is 22.7. The lowest BCUT2D eigenvalue weighted by Crippen LogP contribution is -2.40. The van der Waals surface area contributed by atoms with Crippen LogP contribution in [0.2, 0.25) is 5.15 Å². The predicted molar refractivity (Wildman–Crippen MR) is 298 cm³/mol. The van der Waals surface area contributed by atoms with Gasteiger partial charge in [0.15, 0.2) is 0 Å². The van der Waals surface area contributed by atoms with Crippen molar-refractivity contribution in [2.75, 3.05) is 5.32 Å². The fourth-order valence-corrected chi connectivity index (χ4v) is 12.9. The van der Waals surface area contributed by atoms with Gasteiger partial charge in [0, 0.05) is 46.2 Å². The Morgan fingerprint density at radius 2 is 1.02 bits per heavy atom. The fraction of sp³-hybridized carbons (Fsp3) is 0.419. The molecule has 6 aliphatic rings. The molecule has 6 saturated carbocycles. The van der Waals surface area contributed by atoms with Crippen LogP contribution < -0.4 is 20.5 Å². The maximum atomic E-state index is 13.1. The first-order valence-electron chi connectivity index (χ1n) is 28.5. The molecule has 0 amide bonds. The van der Waals surface area contributed by atoms with Crippen molar-refractivity contribution in [2.24, 2.45) is 29.4 Å². The monoisotopic (exact) mass is 1190 g/mol. The highest BCUT2D eigenvalue weighted by Gasteiger charge is 2.45. The Kier molecular flexibility index (Phi) is 16.4. The Morgan fingerprint density at radius 1 is 0.576 bits per heavy atom. The maximum absolute atomic E-state index is 13.1. The van der Waals surface area contributed by atoms with E-state index in [1.54, 1.807) is 60.8 Å². The van der Waals surface area contributed by atoms with Crippen molar-refractivity contribution in [3.63, 3.8) is 0 Å². The van der Waals surface area contributed by atoms with Gasteiger partial charge in [-0.3, -0.25) is 9.97 Å². The Labute approximate surface area is 489 Å². The molecule has 4 atom stereocenters. The molecule has 0 radical (unpaired) electrons. The third-order valence-electron chi connectivity index (χ3n) is 17.1. The minimum atomic E-state index is -4.82. The average molecular weight is 1190 g/mol. The molecule has 4 heterocycles. The third-order valence-corrected chi connectivity index (χ3v) is 17.2. The lowest BCUT2D eigenvalue weighted by Gasteiger charge is -2.36. The summed E-state index contributed by atoms with van der Waals surface area (Å²) in [4.78, 5) is 17.3. The zero-order chi connectivity index (χ0) is 59.0. The standard InChI is InChI=1S/C31H28F3N5O3.C22H25F3N2O3.C9H4ClN3/c32-31(33,34)41-25-7-2-1-5-22(25)29-23(30(42-39-29)17-8-9-17)16-40-21-12-18-10-11-19(13-21)27(18)37-26-15-36-24-6-3-4-20(14-35)28(24)38-26;23-22(24,25)29-18-4-2-1-3-16(18)20-17(21(30-27-20)12-5-6-12)11-28-15-9-13-7-8-14(10-15)19(13)26;10-8-5-12-7-3-1-2-6(4-11)9(7)13-8/h1-7,15,17-19,21,27H,8-13,16H2,(H,37,38);1-4,12-15,19H,5-11,26H2;1-3,5H. The van der Waals surface area contributed by atoms with Gasteiger partial charge in [-0.05, 0) is 149 Å². The van der Waals surface area contributed by atoms with Crippen molar-refractivity contribution in [1.29, 1.82) is 10.5 Å². The van der Waals surface area contributed by atoms with Gasteiger partial charge in [0.05, 0.1) is 60.0 Å². The van der Waals surface area contributed by atoms with E-state index in [9.17, 15) is 31.6 Å². The highest BCUT2D eigenvalue weighted by Crippen LogP contribution is 2.50. The van der Waals surface area contributed by atoms with Gasteiger partial charge in [-0.1, -0.05) is 58.3 Å². The van der Waals surface area contributed by atoms with Gasteiger partial charge in [0.1, 0.15) is 68.6 Å². The number of aromatic nitrogens is 6. The zero-order valence-electron chi connectivity index (χ0n) is 45.7. The summed E-state index contributed by atoms with van der Waals surface area (Å²) in [5.74, 6) is 3.70. The highest BCUT2D eigenvalue weighted by atomic mass is 35.5. The summed E-state index contributed by atoms with van der Waals surface area (Å²) in [7, 11) is 0. The zero-order valence-corrected chi connectivity index (χ0v) is 46.4. The minimum Gasteiger partial charge on any atom is -0.405 e. The molecule has 3 N–H and O–H groups in total. The topological polar surface area (TPSA) is 226 Å². The van der Waals surface area contributed by atoms with Crippen molar-refractivity contribution in [2.45, 2.75) is 139 Å². The maximum Gasteiger partial charge on any atom is 0.573 e. The van der Waals surface area contributed by atoms with E-state index in [1.165, 1.54) is 30.5 Å². The van der Waals surface area contributed by atoms with E-state index >= 15 is 0 Å². The van der Waals surface area contributed by atoms with Gasteiger partial charge in [-0.2, -0.15) is 10.5 Å². The van der Waals surface area contributed by atoms with E-state index < -0.39 is 12.7 Å². The number of nitriles is 2. The predicted octanol–water partition coefficient (Wildman–Crippen LogP) is 14.4. The summed E-state index contributed by atoms with van der Waals surface area (Å²) < 4.78 is 110. The van der Waals surface area contributed by atoms with Crippen LogP contribution in [0.4, 0.5) is 32.2 Å². The van der Waals surface area contributed by atoms with Gasteiger partial charge < -0.3 is 39.0 Å². The summed E-state index contributed by atoms with van der Waals surface area (Å²) >= 11 is 5.66. The normalized spacial score (nSPS) is 23.3. The first-order chi connectivity index (χ1) is 41.1. The molecule has 4 aromatic carbocycles. The molecular weight excluding hydrogens is 1130 g/mol. The van der Waals surface area contributed by atoms with Crippen molar-refractivity contribution >= 4 is 39.5 Å². The molecule has 6 aliphatic carbocycles. The molecule has 0 spiro atoms. The Bertz CT molecular complexity index is 3770. The molecule has 6 fully saturated rings. The van der Waals surface area contributed by atoms with Gasteiger partial charge in [0.25, 0.3) is 0 Å². The molecule has 4 bridgehead atoms. The van der Waals surface area contributed by atoms with Crippen LogP contribution in [0.3, 0.4) is 0 Å². The summed E-state index contributed by atoms with van der Waals surface area (Å²) in [6, 6.07) is 27.4. The van der Waals surface area contributed by atoms with Gasteiger partial charge in [0.2, 0.25) is 0 Å². The van der Waals surface area contributed by atoms with Crippen LogP contribution in [0.1, 0.15) is 123 Å². The Balaban J connectivity index is 0.000000142. The minimum absolute atomic E-state index is 0.00454. The molecule has 8 aromatic rings. The fourth-order valence-electron chi connectivity index (χ4n) is 12.8. The van der Waals surface area contributed by atoms with Crippen LogP contribution in [0, 0.1) is 46.3 Å². The largest absolute Gasteiger partial charge is 0.573 e. The number of anilines is 1. The highest BCUT2D eigenvalue weighted by molar-refractivity contribution is 6.29. The molecule has 4 unspecified atom stereocenters. The lowest BCUT2D eigenvalue weighted by atomic mass is 9.82. The van der Waals surface area contributed by atoms with Crippen LogP contribution in [-0.4, -0.2) is 67.3 Å².